The molecule has 6 rings (SSSR count). The number of aliphatic hydroxyl groups is 2. The summed E-state index contributed by atoms with van der Waals surface area (Å²) in [5.74, 6) is -1.86. The molecule has 5 atom stereocenters. The Morgan fingerprint density at radius 2 is 1.85 bits per heavy atom. The average Bonchev–Trinajstić information content (AvgIpc) is 3.24. The molecule has 15 heteroatoms. The van der Waals surface area contributed by atoms with Crippen LogP contribution in [0.2, 0.25) is 5.02 Å². The molecule has 2 aromatic rings. The van der Waals surface area contributed by atoms with Gasteiger partial charge >= 0.3 is 10.2 Å². The van der Waals surface area contributed by atoms with Gasteiger partial charge in [-0.1, -0.05) is 35.9 Å². The molecular weight excluding hydrogens is 734 g/mol. The second kappa shape index (κ2) is 15.1. The van der Waals surface area contributed by atoms with Crippen LogP contribution in [0.4, 0.5) is 5.69 Å². The number of ether oxygens (including phenoxy) is 1. The van der Waals surface area contributed by atoms with Gasteiger partial charge in [0.25, 0.3) is 5.91 Å². The van der Waals surface area contributed by atoms with Crippen LogP contribution in [0.5, 0.6) is 5.75 Å². The Hall–Kier alpha value is -3.69. The second-order valence-corrected chi connectivity index (χ2v) is 18.3. The van der Waals surface area contributed by atoms with Crippen LogP contribution < -0.4 is 14.4 Å². The Kier molecular flexibility index (Phi) is 11.2. The predicted molar refractivity (Wildman–Crippen MR) is 205 cm³/mol. The van der Waals surface area contributed by atoms with Crippen molar-refractivity contribution < 1.29 is 37.8 Å². The zero-order valence-corrected chi connectivity index (χ0v) is 33.3. The van der Waals surface area contributed by atoms with Crippen molar-refractivity contribution in [3.8, 4) is 5.75 Å². The largest absolute Gasteiger partial charge is 0.490 e. The average molecular weight is 786 g/mol. The van der Waals surface area contributed by atoms with Gasteiger partial charge in [0.2, 0.25) is 11.8 Å². The third-order valence-corrected chi connectivity index (χ3v) is 13.6. The third kappa shape index (κ3) is 7.73. The van der Waals surface area contributed by atoms with Gasteiger partial charge < -0.3 is 29.6 Å². The van der Waals surface area contributed by atoms with E-state index in [4.69, 9.17) is 16.3 Å². The molecule has 0 saturated heterocycles. The van der Waals surface area contributed by atoms with E-state index < -0.39 is 45.1 Å². The highest BCUT2D eigenvalue weighted by Gasteiger charge is 2.50. The van der Waals surface area contributed by atoms with Gasteiger partial charge in [-0.25, -0.2) is 4.72 Å². The second-order valence-electron chi connectivity index (χ2n) is 15.9. The van der Waals surface area contributed by atoms with Crippen LogP contribution in [0.1, 0.15) is 61.6 Å². The minimum absolute atomic E-state index is 0.0278. The van der Waals surface area contributed by atoms with Crippen molar-refractivity contribution in [3.63, 3.8) is 0 Å². The zero-order chi connectivity index (χ0) is 39.2. The number of amides is 3. The van der Waals surface area contributed by atoms with Gasteiger partial charge in [0.1, 0.15) is 5.75 Å². The number of fused-ring (bicyclic) bond motifs is 4. The number of anilines is 1. The van der Waals surface area contributed by atoms with Crippen molar-refractivity contribution in [1.29, 1.82) is 0 Å². The molecule has 54 heavy (non-hydrogen) atoms. The predicted octanol–water partition coefficient (Wildman–Crippen LogP) is 2.97. The molecule has 3 N–H and O–H groups in total. The highest BCUT2D eigenvalue weighted by atomic mass is 35.5. The lowest BCUT2D eigenvalue weighted by Crippen LogP contribution is -2.53. The topological polar surface area (TPSA) is 160 Å². The molecule has 0 aromatic heterocycles. The SMILES string of the molecule is CN(C)C(=O)C[C@]1(O)/C=C/CCN(C)C(=O)C[C@](O)(C(=O)NS(=O)(=O)N(C)C)c2ccc3c(c2)N(C[C@@H]2CC[C@H]21)C[C@@]1(CCCc2cc(Cl)ccc21)CO3. The van der Waals surface area contributed by atoms with E-state index in [1.807, 2.05) is 16.9 Å². The Morgan fingerprint density at radius 3 is 2.54 bits per heavy atom. The van der Waals surface area contributed by atoms with E-state index in [0.29, 0.717) is 49.0 Å². The van der Waals surface area contributed by atoms with Gasteiger partial charge in [-0.15, -0.1) is 0 Å². The summed E-state index contributed by atoms with van der Waals surface area (Å²) >= 11 is 6.45. The van der Waals surface area contributed by atoms with Crippen LogP contribution in [-0.2, 0) is 42.0 Å². The summed E-state index contributed by atoms with van der Waals surface area (Å²) in [7, 11) is 3.03. The van der Waals surface area contributed by atoms with Crippen LogP contribution in [0.25, 0.3) is 0 Å². The molecule has 2 aromatic carbocycles. The number of aryl methyl sites for hydroxylation is 1. The van der Waals surface area contributed by atoms with Gasteiger partial charge in [-0.05, 0) is 91.3 Å². The van der Waals surface area contributed by atoms with Gasteiger partial charge in [-0.2, -0.15) is 12.7 Å². The number of carbonyl (C=O) groups excluding carboxylic acids is 3. The maximum Gasteiger partial charge on any atom is 0.303 e. The number of hydrogen-bond donors (Lipinski definition) is 3. The minimum Gasteiger partial charge on any atom is -0.490 e. The molecule has 0 radical (unpaired) electrons. The van der Waals surface area contributed by atoms with Gasteiger partial charge in [0.05, 0.1) is 30.7 Å². The standard InChI is InChI=1S/C39H52ClN5O8S/c1-42(2)34(46)21-38(49)17-6-7-18-44(5)35(47)22-39(50,36(48)41-54(51,52)43(3)4)28-11-15-33-32(20-28)45(23-27-10-13-31(27)38)24-37(25-53-33)16-8-9-26-19-29(40)12-14-30(26)37/h6,11-12,14-15,17,19-20,27,31,49-50H,7-10,13,16,18,21-25H2,1-5H3,(H,41,48)/b17-6+/t27-,31+,37-,38+,39+/m0/s1. The van der Waals surface area contributed by atoms with Crippen LogP contribution in [-0.4, -0.2) is 118 Å². The first-order chi connectivity index (χ1) is 25.4. The van der Waals surface area contributed by atoms with Crippen molar-refractivity contribution in [3.05, 3.63) is 70.3 Å². The molecule has 4 aliphatic rings. The van der Waals surface area contributed by atoms with Crippen LogP contribution in [0.15, 0.2) is 48.6 Å². The molecule has 2 bridgehead atoms. The van der Waals surface area contributed by atoms with Gasteiger partial charge in [-0.3, -0.25) is 14.4 Å². The van der Waals surface area contributed by atoms with E-state index >= 15 is 0 Å². The van der Waals surface area contributed by atoms with Crippen molar-refractivity contribution in [2.24, 2.45) is 11.8 Å². The molecule has 1 fully saturated rings. The number of hydrogen-bond acceptors (Lipinski definition) is 9. The summed E-state index contributed by atoms with van der Waals surface area (Å²) in [5, 5.41) is 25.2. The van der Waals surface area contributed by atoms with Crippen molar-refractivity contribution in [1.82, 2.24) is 18.8 Å². The Balaban J connectivity index is 1.50. The maximum atomic E-state index is 13.9. The highest BCUT2D eigenvalue weighted by molar-refractivity contribution is 7.87. The lowest BCUT2D eigenvalue weighted by atomic mass is 9.63. The number of nitrogens with zero attached hydrogens (tertiary/aromatic N) is 4. The fourth-order valence-corrected chi connectivity index (χ4v) is 9.23. The number of benzene rings is 2. The van der Waals surface area contributed by atoms with Crippen molar-refractivity contribution in [2.45, 2.75) is 68.0 Å². The van der Waals surface area contributed by atoms with E-state index in [-0.39, 0.29) is 36.3 Å². The molecule has 2 aliphatic carbocycles. The first kappa shape index (κ1) is 40.0. The number of halogens is 1. The van der Waals surface area contributed by atoms with Gasteiger partial charge in [0, 0.05) is 65.3 Å². The number of rotatable bonds is 5. The summed E-state index contributed by atoms with van der Waals surface area (Å²) in [6.45, 7) is 1.48. The summed E-state index contributed by atoms with van der Waals surface area (Å²) in [6.07, 6.45) is 7.08. The van der Waals surface area contributed by atoms with Crippen LogP contribution in [0, 0.1) is 11.8 Å². The molecule has 1 saturated carbocycles. The summed E-state index contributed by atoms with van der Waals surface area (Å²) in [4.78, 5) is 45.8. The lowest BCUT2D eigenvalue weighted by Gasteiger charge is -2.49. The Morgan fingerprint density at radius 1 is 1.09 bits per heavy atom. The first-order valence-electron chi connectivity index (χ1n) is 18.5. The Labute approximate surface area is 323 Å². The lowest BCUT2D eigenvalue weighted by molar-refractivity contribution is -0.148. The monoisotopic (exact) mass is 785 g/mol. The minimum atomic E-state index is -4.33. The molecule has 13 nitrogen and oxygen atoms in total. The molecule has 294 valence electrons. The zero-order valence-electron chi connectivity index (χ0n) is 31.7. The quantitative estimate of drug-likeness (QED) is 0.388. The van der Waals surface area contributed by atoms with E-state index in [1.54, 1.807) is 38.4 Å². The van der Waals surface area contributed by atoms with E-state index in [2.05, 4.69) is 11.0 Å². The van der Waals surface area contributed by atoms with Crippen molar-refractivity contribution >= 4 is 45.2 Å². The highest BCUT2D eigenvalue weighted by Crippen LogP contribution is 2.49. The van der Waals surface area contributed by atoms with E-state index in [9.17, 15) is 33.0 Å². The normalized spacial score (nSPS) is 29.3. The van der Waals surface area contributed by atoms with Crippen molar-refractivity contribution in [2.75, 3.05) is 66.4 Å². The fraction of sp³-hybridized carbons (Fsp3) is 0.564. The molecule has 2 aliphatic heterocycles. The molecule has 1 spiro atoms. The molecule has 0 unspecified atom stereocenters. The van der Waals surface area contributed by atoms with E-state index in [0.717, 1.165) is 41.1 Å². The molecule has 3 amide bonds. The molecular formula is C39H52ClN5O8S. The fourth-order valence-electron chi connectivity index (χ4n) is 8.45. The summed E-state index contributed by atoms with van der Waals surface area (Å²) in [6, 6.07) is 10.7. The van der Waals surface area contributed by atoms with E-state index in [1.165, 1.54) is 37.0 Å². The molecule has 2 heterocycles. The Bertz CT molecular complexity index is 1940. The van der Waals surface area contributed by atoms with Crippen LogP contribution in [0.3, 0.4) is 0 Å². The number of carbonyl (C=O) groups is 3. The van der Waals surface area contributed by atoms with Crippen LogP contribution >= 0.6 is 11.6 Å². The third-order valence-electron chi connectivity index (χ3n) is 11.9. The van der Waals surface area contributed by atoms with Gasteiger partial charge in [0.15, 0.2) is 5.60 Å². The first-order valence-corrected chi connectivity index (χ1v) is 20.3. The number of nitrogens with one attached hydrogen (secondary N) is 1. The summed E-state index contributed by atoms with van der Waals surface area (Å²) in [5.41, 5.74) is -1.59. The smallest absolute Gasteiger partial charge is 0.303 e. The summed E-state index contributed by atoms with van der Waals surface area (Å²) < 4.78 is 35.1. The maximum absolute atomic E-state index is 13.9.